The first-order valence-corrected chi connectivity index (χ1v) is 9.61. The lowest BCUT2D eigenvalue weighted by atomic mass is 10.1. The average Bonchev–Trinajstić information content (AvgIpc) is 3.39. The highest BCUT2D eigenvalue weighted by molar-refractivity contribution is 6.30. The van der Waals surface area contributed by atoms with Crippen LogP contribution in [0.1, 0.15) is 18.2 Å². The molecule has 0 N–H and O–H groups in total. The fraction of sp³-hybridized carbons (Fsp3) is 0.286. The van der Waals surface area contributed by atoms with Gasteiger partial charge in [0.1, 0.15) is 0 Å². The Morgan fingerprint density at radius 3 is 2.47 bits per heavy atom. The number of benzene rings is 2. The quantitative estimate of drug-likeness (QED) is 0.586. The fourth-order valence-electron chi connectivity index (χ4n) is 3.50. The van der Waals surface area contributed by atoms with E-state index >= 15 is 0 Å². The molecule has 156 valence electrons. The number of carbonyl (C=O) groups excluding carboxylic acids is 1. The van der Waals surface area contributed by atoms with Crippen LogP contribution in [0.4, 0.5) is 5.69 Å². The second kappa shape index (κ2) is 8.23. The molecule has 2 heterocycles. The maximum Gasteiger partial charge on any atom is 0.232 e. The Morgan fingerprint density at radius 2 is 1.83 bits per heavy atom. The van der Waals surface area contributed by atoms with Crippen LogP contribution in [-0.4, -0.2) is 43.9 Å². The van der Waals surface area contributed by atoms with Gasteiger partial charge < -0.3 is 23.6 Å². The number of ether oxygens (including phenoxy) is 3. The molecule has 1 aliphatic heterocycles. The van der Waals surface area contributed by atoms with E-state index in [4.69, 9.17) is 30.3 Å². The standard InChI is InChI=1S/C21H20ClN3O5/c1-27-16-7-12(8-17(28-2)19(16)29-3)20-23-21(30-24-20)13-9-18(26)25(11-13)15-6-4-5-14(22)10-15/h4-8,10,13H,9,11H2,1-3H3. The zero-order chi connectivity index (χ0) is 21.3. The number of aromatic nitrogens is 2. The van der Waals surface area contributed by atoms with E-state index in [1.807, 2.05) is 12.1 Å². The second-order valence-electron chi connectivity index (χ2n) is 6.76. The van der Waals surface area contributed by atoms with Crippen LogP contribution in [-0.2, 0) is 4.79 Å². The van der Waals surface area contributed by atoms with Gasteiger partial charge in [-0.1, -0.05) is 22.8 Å². The van der Waals surface area contributed by atoms with E-state index in [-0.39, 0.29) is 18.2 Å². The van der Waals surface area contributed by atoms with E-state index in [9.17, 15) is 4.79 Å². The third kappa shape index (κ3) is 3.66. The van der Waals surface area contributed by atoms with Gasteiger partial charge in [-0.2, -0.15) is 4.98 Å². The van der Waals surface area contributed by atoms with Crippen molar-refractivity contribution in [2.24, 2.45) is 0 Å². The molecule has 1 saturated heterocycles. The summed E-state index contributed by atoms with van der Waals surface area (Å²) in [6.07, 6.45) is 0.281. The first-order valence-electron chi connectivity index (χ1n) is 9.24. The summed E-state index contributed by atoms with van der Waals surface area (Å²) in [5.41, 5.74) is 1.40. The number of hydrogen-bond donors (Lipinski definition) is 0. The number of carbonyl (C=O) groups is 1. The number of halogens is 1. The lowest BCUT2D eigenvalue weighted by Crippen LogP contribution is -2.24. The zero-order valence-electron chi connectivity index (χ0n) is 16.7. The normalized spacial score (nSPS) is 16.1. The molecule has 3 aromatic rings. The highest BCUT2D eigenvalue weighted by Gasteiger charge is 2.35. The molecule has 0 bridgehead atoms. The van der Waals surface area contributed by atoms with Crippen molar-refractivity contribution in [3.05, 3.63) is 47.3 Å². The van der Waals surface area contributed by atoms with Crippen LogP contribution in [0.3, 0.4) is 0 Å². The highest BCUT2D eigenvalue weighted by Crippen LogP contribution is 2.41. The van der Waals surface area contributed by atoms with Crippen molar-refractivity contribution in [3.8, 4) is 28.6 Å². The van der Waals surface area contributed by atoms with Crippen molar-refractivity contribution < 1.29 is 23.5 Å². The minimum absolute atomic E-state index is 0.0187. The third-order valence-corrected chi connectivity index (χ3v) is 5.19. The average molecular weight is 430 g/mol. The van der Waals surface area contributed by atoms with E-state index < -0.39 is 0 Å². The largest absolute Gasteiger partial charge is 0.493 e. The number of methoxy groups -OCH3 is 3. The van der Waals surface area contributed by atoms with Crippen molar-refractivity contribution in [3.63, 3.8) is 0 Å². The van der Waals surface area contributed by atoms with Gasteiger partial charge >= 0.3 is 0 Å². The third-order valence-electron chi connectivity index (χ3n) is 4.96. The highest BCUT2D eigenvalue weighted by atomic mass is 35.5. The molecular weight excluding hydrogens is 410 g/mol. The molecule has 1 aromatic heterocycles. The number of anilines is 1. The number of amides is 1. The van der Waals surface area contributed by atoms with E-state index in [1.54, 1.807) is 29.2 Å². The van der Waals surface area contributed by atoms with E-state index in [1.165, 1.54) is 21.3 Å². The summed E-state index contributed by atoms with van der Waals surface area (Å²) in [6, 6.07) is 10.7. The Kier molecular flexibility index (Phi) is 5.50. The van der Waals surface area contributed by atoms with Gasteiger partial charge in [-0.25, -0.2) is 0 Å². The molecule has 0 saturated carbocycles. The minimum Gasteiger partial charge on any atom is -0.493 e. The summed E-state index contributed by atoms with van der Waals surface area (Å²) in [5.74, 6) is 2.00. The first-order chi connectivity index (χ1) is 14.5. The van der Waals surface area contributed by atoms with Crippen LogP contribution in [0.2, 0.25) is 5.02 Å². The Bertz CT molecular complexity index is 1060. The Balaban J connectivity index is 1.60. The summed E-state index contributed by atoms with van der Waals surface area (Å²) in [6.45, 7) is 0.441. The molecule has 8 nitrogen and oxygen atoms in total. The Morgan fingerprint density at radius 1 is 1.10 bits per heavy atom. The number of nitrogens with zero attached hydrogens (tertiary/aromatic N) is 3. The van der Waals surface area contributed by atoms with Gasteiger partial charge in [-0.3, -0.25) is 4.79 Å². The van der Waals surface area contributed by atoms with Gasteiger partial charge in [0.05, 0.1) is 27.2 Å². The van der Waals surface area contributed by atoms with Crippen molar-refractivity contribution in [1.82, 2.24) is 10.1 Å². The monoisotopic (exact) mass is 429 g/mol. The van der Waals surface area contributed by atoms with E-state index in [0.29, 0.717) is 46.1 Å². The topological polar surface area (TPSA) is 86.9 Å². The minimum atomic E-state index is -0.209. The van der Waals surface area contributed by atoms with Gasteiger partial charge in [-0.05, 0) is 30.3 Å². The Hall–Kier alpha value is -3.26. The smallest absolute Gasteiger partial charge is 0.232 e. The molecule has 0 spiro atoms. The molecule has 1 aliphatic rings. The molecule has 0 radical (unpaired) electrons. The SMILES string of the molecule is COc1cc(-c2noc(C3CC(=O)N(c4cccc(Cl)c4)C3)n2)cc(OC)c1OC. The van der Waals surface area contributed by atoms with E-state index in [2.05, 4.69) is 10.1 Å². The molecule has 1 amide bonds. The summed E-state index contributed by atoms with van der Waals surface area (Å²) in [7, 11) is 4.61. The van der Waals surface area contributed by atoms with Gasteiger partial charge in [0.15, 0.2) is 11.5 Å². The summed E-state index contributed by atoms with van der Waals surface area (Å²) < 4.78 is 21.6. The van der Waals surface area contributed by atoms with Crippen LogP contribution in [0.15, 0.2) is 40.9 Å². The lowest BCUT2D eigenvalue weighted by Gasteiger charge is -2.16. The molecule has 9 heteroatoms. The Labute approximate surface area is 178 Å². The molecule has 1 atom stereocenters. The molecule has 4 rings (SSSR count). The van der Waals surface area contributed by atoms with Gasteiger partial charge in [-0.15, -0.1) is 0 Å². The molecule has 0 aliphatic carbocycles. The van der Waals surface area contributed by atoms with Crippen LogP contribution in [0.5, 0.6) is 17.2 Å². The van der Waals surface area contributed by atoms with Crippen LogP contribution in [0.25, 0.3) is 11.4 Å². The fourth-order valence-corrected chi connectivity index (χ4v) is 3.68. The lowest BCUT2D eigenvalue weighted by molar-refractivity contribution is -0.117. The van der Waals surface area contributed by atoms with Crippen molar-refractivity contribution in [2.75, 3.05) is 32.8 Å². The van der Waals surface area contributed by atoms with Crippen molar-refractivity contribution >= 4 is 23.2 Å². The molecule has 1 fully saturated rings. The number of rotatable bonds is 6. The molecular formula is C21H20ClN3O5. The maximum atomic E-state index is 12.5. The van der Waals surface area contributed by atoms with Gasteiger partial charge in [0.2, 0.25) is 23.4 Å². The van der Waals surface area contributed by atoms with Crippen LogP contribution in [0, 0.1) is 0 Å². The number of hydrogen-bond acceptors (Lipinski definition) is 7. The zero-order valence-corrected chi connectivity index (χ0v) is 17.5. The van der Waals surface area contributed by atoms with Gasteiger partial charge in [0, 0.05) is 29.2 Å². The molecule has 2 aromatic carbocycles. The molecule has 30 heavy (non-hydrogen) atoms. The first kappa shape index (κ1) is 20.0. The second-order valence-corrected chi connectivity index (χ2v) is 7.19. The van der Waals surface area contributed by atoms with Crippen LogP contribution >= 0.6 is 11.6 Å². The summed E-state index contributed by atoms with van der Waals surface area (Å²) >= 11 is 6.06. The maximum absolute atomic E-state index is 12.5. The van der Waals surface area contributed by atoms with E-state index in [0.717, 1.165) is 5.69 Å². The van der Waals surface area contributed by atoms with Crippen LogP contribution < -0.4 is 19.1 Å². The van der Waals surface area contributed by atoms with Crippen molar-refractivity contribution in [2.45, 2.75) is 12.3 Å². The van der Waals surface area contributed by atoms with Gasteiger partial charge in [0.25, 0.3) is 0 Å². The summed E-state index contributed by atoms with van der Waals surface area (Å²) in [5, 5.41) is 4.66. The predicted octanol–water partition coefficient (Wildman–Crippen LogP) is 3.94. The summed E-state index contributed by atoms with van der Waals surface area (Å²) in [4.78, 5) is 18.7. The van der Waals surface area contributed by atoms with Crippen molar-refractivity contribution in [1.29, 1.82) is 0 Å². The predicted molar refractivity (Wildman–Crippen MR) is 111 cm³/mol. The molecule has 1 unspecified atom stereocenters.